The molecule has 0 amide bonds. The molecule has 0 aliphatic heterocycles. The van der Waals surface area contributed by atoms with Gasteiger partial charge in [-0.25, -0.2) is 4.79 Å². The van der Waals surface area contributed by atoms with Gasteiger partial charge < -0.3 is 14.3 Å². The number of benzene rings is 3. The van der Waals surface area contributed by atoms with Gasteiger partial charge in [-0.2, -0.15) is 0 Å². The molecule has 0 radical (unpaired) electrons. The molecule has 0 saturated carbocycles. The second-order valence-corrected chi connectivity index (χ2v) is 6.24. The Morgan fingerprint density at radius 1 is 0.893 bits per heavy atom. The molecule has 138 valence electrons. The zero-order chi connectivity index (χ0) is 19.5. The van der Waals surface area contributed by atoms with E-state index >= 15 is 0 Å². The van der Waals surface area contributed by atoms with Crippen molar-refractivity contribution in [1.82, 2.24) is 0 Å². The number of hydrogen-bond acceptors (Lipinski definition) is 4. The van der Waals surface area contributed by atoms with Crippen LogP contribution in [0.15, 0.2) is 88.1 Å². The third-order valence-corrected chi connectivity index (χ3v) is 4.38. The Morgan fingerprint density at radius 2 is 1.57 bits per heavy atom. The highest BCUT2D eigenvalue weighted by atomic mass is 16.5. The lowest BCUT2D eigenvalue weighted by molar-refractivity contribution is 0.0697. The van der Waals surface area contributed by atoms with Gasteiger partial charge in [-0.15, -0.1) is 0 Å². The fraction of sp³-hybridized carbons (Fsp3) is 0.0435. The summed E-state index contributed by atoms with van der Waals surface area (Å²) in [5.74, 6) is -0.493. The molecule has 1 aromatic heterocycles. The largest absolute Gasteiger partial charge is 0.481 e. The Bertz CT molecular complexity index is 1190. The van der Waals surface area contributed by atoms with Gasteiger partial charge in [0.25, 0.3) is 0 Å². The molecular formula is C23H16O5. The lowest BCUT2D eigenvalue weighted by atomic mass is 10.1. The minimum absolute atomic E-state index is 0.114. The van der Waals surface area contributed by atoms with Crippen molar-refractivity contribution < 1.29 is 19.1 Å². The predicted octanol–water partition coefficient (Wildman–Crippen LogP) is 4.74. The summed E-state index contributed by atoms with van der Waals surface area (Å²) < 4.78 is 11.9. The number of carboxylic acids is 1. The molecule has 5 heteroatoms. The van der Waals surface area contributed by atoms with E-state index < -0.39 is 5.97 Å². The SMILES string of the molecule is O=C(O)c1ccc(COc2c(-c3ccccc3)oc3ccccc3c2=O)cc1. The third kappa shape index (κ3) is 3.38. The van der Waals surface area contributed by atoms with Gasteiger partial charge in [0.1, 0.15) is 12.2 Å². The summed E-state index contributed by atoms with van der Waals surface area (Å²) in [6.07, 6.45) is 0. The Labute approximate surface area is 160 Å². The van der Waals surface area contributed by atoms with E-state index in [1.165, 1.54) is 12.1 Å². The molecule has 0 spiro atoms. The van der Waals surface area contributed by atoms with Gasteiger partial charge >= 0.3 is 5.97 Å². The fourth-order valence-corrected chi connectivity index (χ4v) is 2.93. The highest BCUT2D eigenvalue weighted by molar-refractivity contribution is 5.87. The van der Waals surface area contributed by atoms with E-state index in [1.807, 2.05) is 36.4 Å². The lowest BCUT2D eigenvalue weighted by Crippen LogP contribution is -2.10. The van der Waals surface area contributed by atoms with Gasteiger partial charge in [0.05, 0.1) is 10.9 Å². The van der Waals surface area contributed by atoms with Crippen LogP contribution in [0.3, 0.4) is 0 Å². The van der Waals surface area contributed by atoms with Gasteiger partial charge in [-0.3, -0.25) is 4.79 Å². The molecule has 4 rings (SSSR count). The van der Waals surface area contributed by atoms with Gasteiger partial charge in [0.2, 0.25) is 11.2 Å². The van der Waals surface area contributed by atoms with Crippen molar-refractivity contribution in [3.63, 3.8) is 0 Å². The van der Waals surface area contributed by atoms with Crippen LogP contribution in [0.1, 0.15) is 15.9 Å². The Balaban J connectivity index is 1.75. The second-order valence-electron chi connectivity index (χ2n) is 6.24. The third-order valence-electron chi connectivity index (χ3n) is 4.38. The highest BCUT2D eigenvalue weighted by Crippen LogP contribution is 2.31. The number of hydrogen-bond donors (Lipinski definition) is 1. The molecule has 4 aromatic rings. The number of rotatable bonds is 5. The summed E-state index contributed by atoms with van der Waals surface area (Å²) in [4.78, 5) is 24.0. The summed E-state index contributed by atoms with van der Waals surface area (Å²) in [7, 11) is 0. The quantitative estimate of drug-likeness (QED) is 0.548. The van der Waals surface area contributed by atoms with E-state index in [-0.39, 0.29) is 23.3 Å². The molecule has 1 heterocycles. The van der Waals surface area contributed by atoms with Crippen LogP contribution in [0, 0.1) is 0 Å². The van der Waals surface area contributed by atoms with Crippen molar-refractivity contribution in [2.45, 2.75) is 6.61 Å². The van der Waals surface area contributed by atoms with Crippen LogP contribution in [0.4, 0.5) is 0 Å². The lowest BCUT2D eigenvalue weighted by Gasteiger charge is -2.12. The van der Waals surface area contributed by atoms with Crippen LogP contribution in [-0.2, 0) is 6.61 Å². The van der Waals surface area contributed by atoms with Crippen molar-refractivity contribution in [3.05, 3.63) is 100 Å². The summed E-state index contributed by atoms with van der Waals surface area (Å²) in [6, 6.07) is 22.7. The monoisotopic (exact) mass is 372 g/mol. The first kappa shape index (κ1) is 17.5. The van der Waals surface area contributed by atoms with E-state index in [0.29, 0.717) is 16.7 Å². The smallest absolute Gasteiger partial charge is 0.335 e. The van der Waals surface area contributed by atoms with E-state index in [2.05, 4.69) is 0 Å². The zero-order valence-corrected chi connectivity index (χ0v) is 14.8. The molecule has 0 unspecified atom stereocenters. The number of carbonyl (C=O) groups is 1. The fourth-order valence-electron chi connectivity index (χ4n) is 2.93. The molecule has 5 nitrogen and oxygen atoms in total. The van der Waals surface area contributed by atoms with Crippen molar-refractivity contribution in [2.75, 3.05) is 0 Å². The number of ether oxygens (including phenoxy) is 1. The Morgan fingerprint density at radius 3 is 2.29 bits per heavy atom. The Kier molecular flexibility index (Phi) is 4.64. The van der Waals surface area contributed by atoms with E-state index in [9.17, 15) is 9.59 Å². The first-order valence-electron chi connectivity index (χ1n) is 8.70. The van der Waals surface area contributed by atoms with Crippen molar-refractivity contribution >= 4 is 16.9 Å². The highest BCUT2D eigenvalue weighted by Gasteiger charge is 2.17. The molecule has 28 heavy (non-hydrogen) atoms. The number of fused-ring (bicyclic) bond motifs is 1. The first-order valence-corrected chi connectivity index (χ1v) is 8.70. The zero-order valence-electron chi connectivity index (χ0n) is 14.8. The van der Waals surface area contributed by atoms with Crippen molar-refractivity contribution in [2.24, 2.45) is 0 Å². The Hall–Kier alpha value is -3.86. The average Bonchev–Trinajstić information content (AvgIpc) is 2.74. The topological polar surface area (TPSA) is 76.7 Å². The summed E-state index contributed by atoms with van der Waals surface area (Å²) >= 11 is 0. The van der Waals surface area contributed by atoms with E-state index in [1.54, 1.807) is 30.3 Å². The molecule has 3 aromatic carbocycles. The van der Waals surface area contributed by atoms with Gasteiger partial charge in [0.15, 0.2) is 5.76 Å². The molecule has 0 saturated heterocycles. The minimum Gasteiger partial charge on any atom is -0.481 e. The summed E-state index contributed by atoms with van der Waals surface area (Å²) in [6.45, 7) is 0.114. The molecule has 0 aliphatic carbocycles. The summed E-state index contributed by atoms with van der Waals surface area (Å²) in [5.41, 5.74) is 1.92. The maximum absolute atomic E-state index is 13.0. The molecular weight excluding hydrogens is 356 g/mol. The molecule has 0 fully saturated rings. The van der Waals surface area contributed by atoms with Crippen LogP contribution in [-0.4, -0.2) is 11.1 Å². The standard InChI is InChI=1S/C23H16O5/c24-20-18-8-4-5-9-19(18)28-21(16-6-2-1-3-7-16)22(20)27-14-15-10-12-17(13-11-15)23(25)26/h1-13H,14H2,(H,25,26). The first-order chi connectivity index (χ1) is 13.6. The molecule has 0 aliphatic rings. The number of carboxylic acid groups (broad SMARTS) is 1. The normalized spacial score (nSPS) is 10.7. The van der Waals surface area contributed by atoms with Crippen LogP contribution in [0.2, 0.25) is 0 Å². The average molecular weight is 372 g/mol. The van der Waals surface area contributed by atoms with Gasteiger partial charge in [-0.05, 0) is 29.8 Å². The van der Waals surface area contributed by atoms with E-state index in [4.69, 9.17) is 14.3 Å². The number of para-hydroxylation sites is 1. The van der Waals surface area contributed by atoms with Gasteiger partial charge in [-0.1, -0.05) is 54.6 Å². The maximum Gasteiger partial charge on any atom is 0.335 e. The van der Waals surface area contributed by atoms with E-state index in [0.717, 1.165) is 11.1 Å². The van der Waals surface area contributed by atoms with Crippen molar-refractivity contribution in [3.8, 4) is 17.1 Å². The van der Waals surface area contributed by atoms with Crippen LogP contribution >= 0.6 is 0 Å². The van der Waals surface area contributed by atoms with Crippen LogP contribution in [0.5, 0.6) is 5.75 Å². The van der Waals surface area contributed by atoms with Crippen LogP contribution in [0.25, 0.3) is 22.3 Å². The van der Waals surface area contributed by atoms with Crippen molar-refractivity contribution in [1.29, 1.82) is 0 Å². The predicted molar refractivity (Wildman–Crippen MR) is 106 cm³/mol. The molecule has 0 atom stereocenters. The molecule has 0 bridgehead atoms. The van der Waals surface area contributed by atoms with Gasteiger partial charge in [0, 0.05) is 5.56 Å². The number of aromatic carboxylic acids is 1. The summed E-state index contributed by atoms with van der Waals surface area (Å²) in [5, 5.41) is 9.44. The second kappa shape index (κ2) is 7.40. The van der Waals surface area contributed by atoms with Crippen LogP contribution < -0.4 is 10.2 Å². The maximum atomic E-state index is 13.0. The minimum atomic E-state index is -0.992. The molecule has 1 N–H and O–H groups in total.